The summed E-state index contributed by atoms with van der Waals surface area (Å²) in [5.74, 6) is -2.50. The number of hydrogen-bond donors (Lipinski definition) is 1. The van der Waals surface area contributed by atoms with Gasteiger partial charge in [-0.25, -0.2) is 17.2 Å². The molecular formula is C14H13F2N3O3S. The molecule has 3 rings (SSSR count). The van der Waals surface area contributed by atoms with Crippen molar-refractivity contribution < 1.29 is 22.0 Å². The lowest BCUT2D eigenvalue weighted by molar-refractivity contribution is 0.0749. The lowest BCUT2D eigenvalue weighted by Gasteiger charge is -2.23. The van der Waals surface area contributed by atoms with Gasteiger partial charge in [0.2, 0.25) is 0 Å². The Morgan fingerprint density at radius 1 is 1.13 bits per heavy atom. The van der Waals surface area contributed by atoms with Crippen molar-refractivity contribution in [3.8, 4) is 0 Å². The fraction of sp³-hybridized carbons (Fsp3) is 0.214. The van der Waals surface area contributed by atoms with E-state index in [0.717, 1.165) is 18.2 Å². The van der Waals surface area contributed by atoms with Crippen molar-refractivity contribution in [1.82, 2.24) is 9.47 Å². The monoisotopic (exact) mass is 341 g/mol. The maximum Gasteiger partial charge on any atom is 0.270 e. The molecule has 0 spiro atoms. The van der Waals surface area contributed by atoms with Crippen LogP contribution in [0.4, 0.5) is 14.5 Å². The number of carbonyl (C=O) groups is 1. The number of amides is 1. The van der Waals surface area contributed by atoms with E-state index in [4.69, 9.17) is 0 Å². The van der Waals surface area contributed by atoms with E-state index in [-0.39, 0.29) is 22.2 Å². The summed E-state index contributed by atoms with van der Waals surface area (Å²) in [6.45, 7) is 0.967. The van der Waals surface area contributed by atoms with Crippen LogP contribution in [0.1, 0.15) is 10.5 Å². The topological polar surface area (TPSA) is 71.4 Å². The summed E-state index contributed by atoms with van der Waals surface area (Å²) in [4.78, 5) is 13.4. The van der Waals surface area contributed by atoms with Crippen LogP contribution >= 0.6 is 0 Å². The van der Waals surface area contributed by atoms with Gasteiger partial charge in [0.25, 0.3) is 15.9 Å². The molecule has 0 aliphatic carbocycles. The molecular weight excluding hydrogens is 328 g/mol. The SMILES string of the molecule is CN1CCn2cc(S(=O)(=O)Nc3ccc(F)c(F)c3)cc2C1=O. The molecule has 122 valence electrons. The lowest BCUT2D eigenvalue weighted by Crippen LogP contribution is -2.36. The van der Waals surface area contributed by atoms with E-state index in [0.29, 0.717) is 13.1 Å². The molecule has 1 aliphatic heterocycles. The van der Waals surface area contributed by atoms with Crippen molar-refractivity contribution in [3.05, 3.63) is 47.8 Å². The van der Waals surface area contributed by atoms with Gasteiger partial charge in [0.15, 0.2) is 11.6 Å². The summed E-state index contributed by atoms with van der Waals surface area (Å²) in [7, 11) is -2.38. The zero-order valence-electron chi connectivity index (χ0n) is 12.1. The smallest absolute Gasteiger partial charge is 0.270 e. The average Bonchev–Trinajstić information content (AvgIpc) is 2.92. The van der Waals surface area contributed by atoms with E-state index in [1.165, 1.54) is 17.2 Å². The molecule has 0 saturated carbocycles. The summed E-state index contributed by atoms with van der Waals surface area (Å²) in [6, 6.07) is 3.96. The Hall–Kier alpha value is -2.42. The predicted octanol–water partition coefficient (Wildman–Crippen LogP) is 1.65. The highest BCUT2D eigenvalue weighted by atomic mass is 32.2. The van der Waals surface area contributed by atoms with E-state index in [9.17, 15) is 22.0 Å². The Kier molecular flexibility index (Phi) is 3.59. The third kappa shape index (κ3) is 2.79. The van der Waals surface area contributed by atoms with E-state index in [2.05, 4.69) is 4.72 Å². The molecule has 0 unspecified atom stereocenters. The number of nitrogens with one attached hydrogen (secondary N) is 1. The summed E-state index contributed by atoms with van der Waals surface area (Å²) in [6.07, 6.45) is 1.35. The lowest BCUT2D eigenvalue weighted by atomic mass is 10.3. The van der Waals surface area contributed by atoms with Gasteiger partial charge >= 0.3 is 0 Å². The van der Waals surface area contributed by atoms with Gasteiger partial charge in [-0.15, -0.1) is 0 Å². The fourth-order valence-corrected chi connectivity index (χ4v) is 3.41. The maximum atomic E-state index is 13.2. The zero-order chi connectivity index (χ0) is 16.8. The minimum atomic E-state index is -4.01. The second kappa shape index (κ2) is 5.34. The first-order valence-corrected chi connectivity index (χ1v) is 8.20. The molecule has 2 heterocycles. The van der Waals surface area contributed by atoms with Gasteiger partial charge in [-0.05, 0) is 18.2 Å². The average molecular weight is 341 g/mol. The number of anilines is 1. The molecule has 23 heavy (non-hydrogen) atoms. The highest BCUT2D eigenvalue weighted by molar-refractivity contribution is 7.92. The first-order valence-electron chi connectivity index (χ1n) is 6.71. The Labute approximate surface area is 131 Å². The van der Waals surface area contributed by atoms with E-state index >= 15 is 0 Å². The molecule has 1 aromatic carbocycles. The van der Waals surface area contributed by atoms with Crippen molar-refractivity contribution in [2.45, 2.75) is 11.4 Å². The van der Waals surface area contributed by atoms with Crippen LogP contribution in [-0.4, -0.2) is 37.4 Å². The minimum absolute atomic E-state index is 0.100. The zero-order valence-corrected chi connectivity index (χ0v) is 12.9. The number of halogens is 2. The molecule has 2 aromatic rings. The van der Waals surface area contributed by atoms with Crippen molar-refractivity contribution >= 4 is 21.6 Å². The Morgan fingerprint density at radius 3 is 2.57 bits per heavy atom. The molecule has 0 saturated heterocycles. The van der Waals surface area contributed by atoms with Crippen LogP contribution < -0.4 is 4.72 Å². The molecule has 0 radical (unpaired) electrons. The van der Waals surface area contributed by atoms with Gasteiger partial charge in [-0.3, -0.25) is 9.52 Å². The predicted molar refractivity (Wildman–Crippen MR) is 78.6 cm³/mol. The number of nitrogens with zero attached hydrogens (tertiary/aromatic N) is 2. The van der Waals surface area contributed by atoms with Crippen LogP contribution in [0.25, 0.3) is 0 Å². The molecule has 0 atom stereocenters. The third-order valence-electron chi connectivity index (χ3n) is 3.60. The van der Waals surface area contributed by atoms with Crippen molar-refractivity contribution in [2.75, 3.05) is 18.3 Å². The Balaban J connectivity index is 1.93. The van der Waals surface area contributed by atoms with E-state index in [1.54, 1.807) is 11.6 Å². The molecule has 0 bridgehead atoms. The molecule has 1 N–H and O–H groups in total. The van der Waals surface area contributed by atoms with Crippen LogP contribution in [0.15, 0.2) is 35.4 Å². The van der Waals surface area contributed by atoms with Crippen molar-refractivity contribution in [3.63, 3.8) is 0 Å². The van der Waals surface area contributed by atoms with Crippen LogP contribution in [-0.2, 0) is 16.6 Å². The van der Waals surface area contributed by atoms with Gasteiger partial charge in [0, 0.05) is 32.4 Å². The summed E-state index contributed by atoms with van der Waals surface area (Å²) in [5, 5.41) is 0. The van der Waals surface area contributed by atoms with E-state index < -0.39 is 21.7 Å². The van der Waals surface area contributed by atoms with Gasteiger partial charge in [0.05, 0.1) is 5.69 Å². The van der Waals surface area contributed by atoms with Crippen molar-refractivity contribution in [1.29, 1.82) is 0 Å². The normalized spacial score (nSPS) is 14.7. The highest BCUT2D eigenvalue weighted by Crippen LogP contribution is 2.22. The molecule has 1 aromatic heterocycles. The number of likely N-dealkylation sites (N-methyl/N-ethyl adjacent to an activating group) is 1. The quantitative estimate of drug-likeness (QED) is 0.923. The second-order valence-corrected chi connectivity index (χ2v) is 6.90. The van der Waals surface area contributed by atoms with Gasteiger partial charge in [-0.2, -0.15) is 0 Å². The number of benzene rings is 1. The first kappa shape index (κ1) is 15.5. The number of aromatic nitrogens is 1. The fourth-order valence-electron chi connectivity index (χ4n) is 2.32. The number of carbonyl (C=O) groups excluding carboxylic acids is 1. The molecule has 1 amide bonds. The van der Waals surface area contributed by atoms with Gasteiger partial charge < -0.3 is 9.47 Å². The largest absolute Gasteiger partial charge is 0.340 e. The standard InChI is InChI=1S/C14H13F2N3O3S/c1-18-4-5-19-8-10(7-13(19)14(18)20)23(21,22)17-9-2-3-11(15)12(16)6-9/h2-3,6-8,17H,4-5H2,1H3. The Bertz CT molecular complexity index is 893. The molecule has 9 heteroatoms. The first-order chi connectivity index (χ1) is 10.8. The van der Waals surface area contributed by atoms with Crippen LogP contribution in [0.2, 0.25) is 0 Å². The third-order valence-corrected chi connectivity index (χ3v) is 4.94. The second-order valence-electron chi connectivity index (χ2n) is 5.22. The van der Waals surface area contributed by atoms with Crippen LogP contribution in [0.3, 0.4) is 0 Å². The summed E-state index contributed by atoms with van der Waals surface area (Å²) >= 11 is 0. The minimum Gasteiger partial charge on any atom is -0.340 e. The number of rotatable bonds is 3. The number of sulfonamides is 1. The summed E-state index contributed by atoms with van der Waals surface area (Å²) in [5.41, 5.74) is 0.168. The number of hydrogen-bond acceptors (Lipinski definition) is 3. The molecule has 6 nitrogen and oxygen atoms in total. The van der Waals surface area contributed by atoms with Crippen LogP contribution in [0.5, 0.6) is 0 Å². The van der Waals surface area contributed by atoms with Gasteiger partial charge in [0.1, 0.15) is 10.6 Å². The highest BCUT2D eigenvalue weighted by Gasteiger charge is 2.26. The van der Waals surface area contributed by atoms with Crippen molar-refractivity contribution in [2.24, 2.45) is 0 Å². The summed E-state index contributed by atoms with van der Waals surface area (Å²) < 4.78 is 54.5. The number of fused-ring (bicyclic) bond motifs is 1. The Morgan fingerprint density at radius 2 is 1.87 bits per heavy atom. The maximum absolute atomic E-state index is 13.2. The molecule has 1 aliphatic rings. The van der Waals surface area contributed by atoms with Crippen LogP contribution in [0, 0.1) is 11.6 Å². The molecule has 0 fully saturated rings. The van der Waals surface area contributed by atoms with E-state index in [1.807, 2.05) is 0 Å². The van der Waals surface area contributed by atoms with Gasteiger partial charge in [-0.1, -0.05) is 0 Å².